The highest BCUT2D eigenvalue weighted by Gasteiger charge is 2.21. The molecule has 8 nitrogen and oxygen atoms in total. The first-order chi connectivity index (χ1) is 12.4. The molecular weight excluding hydrogens is 352 g/mol. The maximum absolute atomic E-state index is 11.4. The number of benzene rings is 1. The molecule has 2 N–H and O–H groups in total. The standard InChI is InChI=1S/C17H20N6O2S/c1-21-7-6-15-16(21)19-12-20-17(15)23-10-8-22(9-11-23)13-2-4-14(5-3-13)26(18,24)25/h2-7,12H,8-11H2,1H3,(H2,18,24,25). The quantitative estimate of drug-likeness (QED) is 0.735. The van der Waals surface area contributed by atoms with Crippen LogP contribution < -0.4 is 14.9 Å². The van der Waals surface area contributed by atoms with Crippen molar-refractivity contribution in [2.45, 2.75) is 4.90 Å². The predicted octanol–water partition coefficient (Wildman–Crippen LogP) is 0.942. The minimum Gasteiger partial charge on any atom is -0.368 e. The first kappa shape index (κ1) is 16.8. The number of anilines is 2. The van der Waals surface area contributed by atoms with Crippen LogP contribution >= 0.6 is 0 Å². The van der Waals surface area contributed by atoms with Gasteiger partial charge in [0.15, 0.2) is 0 Å². The van der Waals surface area contributed by atoms with E-state index in [1.807, 2.05) is 23.9 Å². The third kappa shape index (κ3) is 2.99. The highest BCUT2D eigenvalue weighted by molar-refractivity contribution is 7.89. The van der Waals surface area contributed by atoms with Crippen LogP contribution in [0.2, 0.25) is 0 Å². The smallest absolute Gasteiger partial charge is 0.238 e. The zero-order valence-corrected chi connectivity index (χ0v) is 15.2. The fourth-order valence-electron chi connectivity index (χ4n) is 3.34. The van der Waals surface area contributed by atoms with Gasteiger partial charge in [0.1, 0.15) is 17.8 Å². The molecule has 0 bridgehead atoms. The van der Waals surface area contributed by atoms with E-state index in [-0.39, 0.29) is 4.90 Å². The summed E-state index contributed by atoms with van der Waals surface area (Å²) < 4.78 is 24.7. The summed E-state index contributed by atoms with van der Waals surface area (Å²) in [5, 5.41) is 6.21. The second kappa shape index (κ2) is 6.26. The summed E-state index contributed by atoms with van der Waals surface area (Å²) in [7, 11) is -1.68. The van der Waals surface area contributed by atoms with E-state index in [0.29, 0.717) is 0 Å². The molecule has 4 rings (SSSR count). The molecule has 9 heteroatoms. The van der Waals surface area contributed by atoms with E-state index in [2.05, 4.69) is 19.8 Å². The third-order valence-electron chi connectivity index (χ3n) is 4.75. The highest BCUT2D eigenvalue weighted by Crippen LogP contribution is 2.26. The summed E-state index contributed by atoms with van der Waals surface area (Å²) in [6.45, 7) is 3.32. The first-order valence-electron chi connectivity index (χ1n) is 8.32. The van der Waals surface area contributed by atoms with Gasteiger partial charge < -0.3 is 14.4 Å². The zero-order chi connectivity index (χ0) is 18.3. The van der Waals surface area contributed by atoms with Gasteiger partial charge >= 0.3 is 0 Å². The Morgan fingerprint density at radius 2 is 1.62 bits per heavy atom. The zero-order valence-electron chi connectivity index (χ0n) is 14.4. The molecule has 1 aliphatic rings. The number of aromatic nitrogens is 3. The van der Waals surface area contributed by atoms with E-state index in [4.69, 9.17) is 5.14 Å². The topological polar surface area (TPSA) is 97.3 Å². The van der Waals surface area contributed by atoms with Crippen molar-refractivity contribution in [2.75, 3.05) is 36.0 Å². The van der Waals surface area contributed by atoms with Gasteiger partial charge in [0, 0.05) is 45.1 Å². The Balaban J connectivity index is 1.50. The number of aryl methyl sites for hydroxylation is 1. The minimum atomic E-state index is -3.66. The van der Waals surface area contributed by atoms with Gasteiger partial charge in [-0.3, -0.25) is 0 Å². The second-order valence-corrected chi connectivity index (χ2v) is 7.94. The molecule has 0 radical (unpaired) electrons. The lowest BCUT2D eigenvalue weighted by Gasteiger charge is -2.37. The molecule has 3 aromatic rings. The van der Waals surface area contributed by atoms with E-state index in [0.717, 1.165) is 48.7 Å². The Bertz CT molecular complexity index is 1040. The van der Waals surface area contributed by atoms with Crippen LogP contribution in [0.4, 0.5) is 11.5 Å². The first-order valence-corrected chi connectivity index (χ1v) is 9.87. The fraction of sp³-hybridized carbons (Fsp3) is 0.294. The molecule has 1 saturated heterocycles. The van der Waals surface area contributed by atoms with Crippen molar-refractivity contribution < 1.29 is 8.42 Å². The van der Waals surface area contributed by atoms with Crippen LogP contribution in [0.5, 0.6) is 0 Å². The fourth-order valence-corrected chi connectivity index (χ4v) is 3.85. The minimum absolute atomic E-state index is 0.132. The molecule has 2 aromatic heterocycles. The number of rotatable bonds is 3. The SMILES string of the molecule is Cn1ccc2c(N3CCN(c4ccc(S(N)(=O)=O)cc4)CC3)ncnc21. The van der Waals surface area contributed by atoms with Gasteiger partial charge in [-0.2, -0.15) is 0 Å². The maximum atomic E-state index is 11.4. The molecule has 0 saturated carbocycles. The van der Waals surface area contributed by atoms with Crippen LogP contribution in [-0.2, 0) is 17.1 Å². The van der Waals surface area contributed by atoms with Crippen molar-refractivity contribution in [1.29, 1.82) is 0 Å². The van der Waals surface area contributed by atoms with Crippen LogP contribution in [0.3, 0.4) is 0 Å². The van der Waals surface area contributed by atoms with Crippen molar-refractivity contribution in [3.63, 3.8) is 0 Å². The second-order valence-electron chi connectivity index (χ2n) is 6.37. The van der Waals surface area contributed by atoms with Crippen molar-refractivity contribution >= 4 is 32.6 Å². The normalized spacial score (nSPS) is 15.6. The van der Waals surface area contributed by atoms with Crippen LogP contribution in [0, 0.1) is 0 Å². The monoisotopic (exact) mass is 372 g/mol. The molecule has 1 aliphatic heterocycles. The number of nitrogens with zero attached hydrogens (tertiary/aromatic N) is 5. The van der Waals surface area contributed by atoms with Crippen molar-refractivity contribution in [1.82, 2.24) is 14.5 Å². The van der Waals surface area contributed by atoms with E-state index < -0.39 is 10.0 Å². The molecule has 0 atom stereocenters. The van der Waals surface area contributed by atoms with Crippen molar-refractivity contribution in [3.8, 4) is 0 Å². The van der Waals surface area contributed by atoms with E-state index in [1.54, 1.807) is 30.6 Å². The number of hydrogen-bond donors (Lipinski definition) is 1. The summed E-state index contributed by atoms with van der Waals surface area (Å²) in [6.07, 6.45) is 3.60. The van der Waals surface area contributed by atoms with Crippen LogP contribution in [-0.4, -0.2) is 49.1 Å². The molecule has 1 aromatic carbocycles. The number of piperazine rings is 1. The molecule has 0 aliphatic carbocycles. The lowest BCUT2D eigenvalue weighted by molar-refractivity contribution is 0.597. The average molecular weight is 372 g/mol. The lowest BCUT2D eigenvalue weighted by atomic mass is 10.2. The maximum Gasteiger partial charge on any atom is 0.238 e. The molecule has 1 fully saturated rings. The summed E-state index contributed by atoms with van der Waals surface area (Å²) in [6, 6.07) is 8.75. The number of nitrogens with two attached hydrogens (primary N) is 1. The van der Waals surface area contributed by atoms with Gasteiger partial charge in [-0.25, -0.2) is 23.5 Å². The summed E-state index contributed by atoms with van der Waals surface area (Å²) in [5.41, 5.74) is 1.92. The number of fused-ring (bicyclic) bond motifs is 1. The largest absolute Gasteiger partial charge is 0.368 e. The Hall–Kier alpha value is -2.65. The molecule has 0 unspecified atom stereocenters. The van der Waals surface area contributed by atoms with Gasteiger partial charge in [-0.05, 0) is 30.3 Å². The van der Waals surface area contributed by atoms with Crippen LogP contribution in [0.1, 0.15) is 0 Å². The Morgan fingerprint density at radius 1 is 0.962 bits per heavy atom. The number of primary sulfonamides is 1. The molecule has 3 heterocycles. The van der Waals surface area contributed by atoms with Crippen molar-refractivity contribution in [2.24, 2.45) is 12.2 Å². The summed E-state index contributed by atoms with van der Waals surface area (Å²) in [5.74, 6) is 0.958. The molecular formula is C17H20N6O2S. The van der Waals surface area contributed by atoms with Gasteiger partial charge in [-0.15, -0.1) is 0 Å². The van der Waals surface area contributed by atoms with Gasteiger partial charge in [0.25, 0.3) is 0 Å². The predicted molar refractivity (Wildman–Crippen MR) is 101 cm³/mol. The van der Waals surface area contributed by atoms with E-state index in [9.17, 15) is 8.42 Å². The number of hydrogen-bond acceptors (Lipinski definition) is 6. The van der Waals surface area contributed by atoms with Gasteiger partial charge in [0.2, 0.25) is 10.0 Å². The van der Waals surface area contributed by atoms with Crippen molar-refractivity contribution in [3.05, 3.63) is 42.9 Å². The van der Waals surface area contributed by atoms with Crippen LogP contribution in [0.15, 0.2) is 47.8 Å². The Labute approximate surface area is 151 Å². The van der Waals surface area contributed by atoms with Gasteiger partial charge in [0.05, 0.1) is 10.3 Å². The summed E-state index contributed by atoms with van der Waals surface area (Å²) >= 11 is 0. The summed E-state index contributed by atoms with van der Waals surface area (Å²) in [4.78, 5) is 13.4. The number of sulfonamides is 1. The lowest BCUT2D eigenvalue weighted by Crippen LogP contribution is -2.46. The van der Waals surface area contributed by atoms with E-state index >= 15 is 0 Å². The molecule has 0 amide bonds. The molecule has 26 heavy (non-hydrogen) atoms. The van der Waals surface area contributed by atoms with Crippen LogP contribution in [0.25, 0.3) is 11.0 Å². The average Bonchev–Trinajstić information content (AvgIpc) is 3.03. The molecule has 0 spiro atoms. The highest BCUT2D eigenvalue weighted by atomic mass is 32.2. The van der Waals surface area contributed by atoms with Gasteiger partial charge in [-0.1, -0.05) is 0 Å². The van der Waals surface area contributed by atoms with E-state index in [1.165, 1.54) is 0 Å². The Kier molecular flexibility index (Phi) is 4.04. The third-order valence-corrected chi connectivity index (χ3v) is 5.68. The molecule has 136 valence electrons. The Morgan fingerprint density at radius 3 is 2.27 bits per heavy atom.